The molecular formula is C15H11F3O5S. The number of alkyl halides is 3. The molecular weight excluding hydrogens is 349 g/mol. The third kappa shape index (κ3) is 4.05. The highest BCUT2D eigenvalue weighted by atomic mass is 32.2. The summed E-state index contributed by atoms with van der Waals surface area (Å²) in [6.07, 6.45) is -3.58. The first kappa shape index (κ1) is 17.8. The van der Waals surface area contributed by atoms with E-state index in [1.54, 1.807) is 0 Å². The van der Waals surface area contributed by atoms with E-state index in [9.17, 15) is 26.4 Å². The van der Waals surface area contributed by atoms with E-state index in [-0.39, 0.29) is 16.4 Å². The van der Waals surface area contributed by atoms with Gasteiger partial charge < -0.3 is 9.84 Å². The second kappa shape index (κ2) is 6.16. The van der Waals surface area contributed by atoms with E-state index in [4.69, 9.17) is 9.84 Å². The minimum Gasteiger partial charge on any atom is -0.478 e. The SMILES string of the molecule is CS(=O)(=O)c1ccc(Oc2ccc(C(F)(F)F)cc2)c(C(=O)O)c1. The van der Waals surface area contributed by atoms with Gasteiger partial charge >= 0.3 is 12.1 Å². The van der Waals surface area contributed by atoms with Crippen molar-refractivity contribution in [3.8, 4) is 11.5 Å². The standard InChI is InChI=1S/C15H11F3O5S/c1-24(21,22)11-6-7-13(12(8-11)14(19)20)23-10-4-2-9(3-5-10)15(16,17)18/h2-8H,1H3,(H,19,20). The van der Waals surface area contributed by atoms with Crippen molar-refractivity contribution in [3.05, 3.63) is 53.6 Å². The summed E-state index contributed by atoms with van der Waals surface area (Å²) in [7, 11) is -3.61. The van der Waals surface area contributed by atoms with Crippen molar-refractivity contribution < 1.29 is 36.2 Å². The highest BCUT2D eigenvalue weighted by molar-refractivity contribution is 7.90. The predicted molar refractivity (Wildman–Crippen MR) is 78.0 cm³/mol. The Morgan fingerprint density at radius 1 is 1.08 bits per heavy atom. The van der Waals surface area contributed by atoms with E-state index in [1.165, 1.54) is 0 Å². The van der Waals surface area contributed by atoms with Gasteiger partial charge in [-0.1, -0.05) is 0 Å². The molecule has 0 heterocycles. The topological polar surface area (TPSA) is 80.7 Å². The Labute approximate surface area is 135 Å². The summed E-state index contributed by atoms with van der Waals surface area (Å²) in [4.78, 5) is 11.0. The Bertz CT molecular complexity index is 871. The molecule has 0 bridgehead atoms. The van der Waals surface area contributed by atoms with Gasteiger partial charge in [-0.05, 0) is 42.5 Å². The summed E-state index contributed by atoms with van der Waals surface area (Å²) in [6, 6.07) is 6.88. The fourth-order valence-electron chi connectivity index (χ4n) is 1.83. The number of carboxylic acids is 1. The molecule has 0 saturated heterocycles. The normalized spacial score (nSPS) is 12.0. The van der Waals surface area contributed by atoms with Crippen LogP contribution in [0.15, 0.2) is 47.4 Å². The van der Waals surface area contributed by atoms with Crippen molar-refractivity contribution in [2.24, 2.45) is 0 Å². The monoisotopic (exact) mass is 360 g/mol. The van der Waals surface area contributed by atoms with Crippen molar-refractivity contribution in [1.82, 2.24) is 0 Å². The number of aromatic carboxylic acids is 1. The zero-order valence-corrected chi connectivity index (χ0v) is 13.0. The Kier molecular flexibility index (Phi) is 4.57. The van der Waals surface area contributed by atoms with E-state index in [2.05, 4.69) is 0 Å². The number of halogens is 3. The molecule has 0 aromatic heterocycles. The maximum Gasteiger partial charge on any atom is 0.416 e. The van der Waals surface area contributed by atoms with Gasteiger partial charge in [0, 0.05) is 6.26 Å². The second-order valence-electron chi connectivity index (χ2n) is 4.86. The highest BCUT2D eigenvalue weighted by Crippen LogP contribution is 2.32. The van der Waals surface area contributed by atoms with Crippen LogP contribution in [-0.2, 0) is 16.0 Å². The summed E-state index contributed by atoms with van der Waals surface area (Å²) in [5, 5.41) is 9.16. The maximum absolute atomic E-state index is 12.5. The number of ether oxygens (including phenoxy) is 1. The van der Waals surface area contributed by atoms with Gasteiger partial charge in [0.05, 0.1) is 10.5 Å². The molecule has 0 atom stereocenters. The van der Waals surface area contributed by atoms with Crippen molar-refractivity contribution >= 4 is 15.8 Å². The molecule has 0 aliphatic rings. The van der Waals surface area contributed by atoms with Crippen LogP contribution in [0.25, 0.3) is 0 Å². The molecule has 0 spiro atoms. The van der Waals surface area contributed by atoms with Crippen LogP contribution in [0.1, 0.15) is 15.9 Å². The van der Waals surface area contributed by atoms with Gasteiger partial charge in [0.15, 0.2) is 9.84 Å². The zero-order chi connectivity index (χ0) is 18.1. The lowest BCUT2D eigenvalue weighted by Gasteiger charge is -2.11. The first-order valence-electron chi connectivity index (χ1n) is 6.41. The average molecular weight is 360 g/mol. The fraction of sp³-hybridized carbons (Fsp3) is 0.133. The first-order chi connectivity index (χ1) is 11.0. The molecule has 0 aliphatic heterocycles. The molecule has 2 rings (SSSR count). The van der Waals surface area contributed by atoms with Crippen molar-refractivity contribution in [2.45, 2.75) is 11.1 Å². The summed E-state index contributed by atoms with van der Waals surface area (Å²) < 4.78 is 65.7. The van der Waals surface area contributed by atoms with Crippen LogP contribution in [0.3, 0.4) is 0 Å². The number of hydrogen-bond acceptors (Lipinski definition) is 4. The summed E-state index contributed by atoms with van der Waals surface area (Å²) >= 11 is 0. The number of carbonyl (C=O) groups is 1. The van der Waals surface area contributed by atoms with Gasteiger partial charge in [-0.2, -0.15) is 13.2 Å². The molecule has 0 unspecified atom stereocenters. The molecule has 9 heteroatoms. The third-order valence-electron chi connectivity index (χ3n) is 3.02. The van der Waals surface area contributed by atoms with Gasteiger partial charge in [-0.15, -0.1) is 0 Å². The Hall–Kier alpha value is -2.55. The number of rotatable bonds is 4. The van der Waals surface area contributed by atoms with E-state index in [0.717, 1.165) is 48.7 Å². The van der Waals surface area contributed by atoms with Gasteiger partial charge in [-0.25, -0.2) is 13.2 Å². The molecule has 0 aliphatic carbocycles. The van der Waals surface area contributed by atoms with Gasteiger partial charge in [-0.3, -0.25) is 0 Å². The van der Waals surface area contributed by atoms with E-state index < -0.39 is 33.1 Å². The second-order valence-corrected chi connectivity index (χ2v) is 6.88. The van der Waals surface area contributed by atoms with Crippen LogP contribution < -0.4 is 4.74 Å². The van der Waals surface area contributed by atoms with Crippen LogP contribution in [-0.4, -0.2) is 25.7 Å². The molecule has 5 nitrogen and oxygen atoms in total. The molecule has 128 valence electrons. The summed E-state index contributed by atoms with van der Waals surface area (Å²) in [5.74, 6) is -1.63. The highest BCUT2D eigenvalue weighted by Gasteiger charge is 2.30. The molecule has 0 radical (unpaired) electrons. The average Bonchev–Trinajstić information content (AvgIpc) is 2.46. The smallest absolute Gasteiger partial charge is 0.416 e. The molecule has 1 N–H and O–H groups in total. The van der Waals surface area contributed by atoms with E-state index >= 15 is 0 Å². The van der Waals surface area contributed by atoms with Crippen LogP contribution in [0, 0.1) is 0 Å². The molecule has 2 aromatic carbocycles. The van der Waals surface area contributed by atoms with E-state index in [0.29, 0.717) is 0 Å². The Balaban J connectivity index is 2.37. The Morgan fingerprint density at radius 3 is 2.12 bits per heavy atom. The largest absolute Gasteiger partial charge is 0.478 e. The minimum absolute atomic E-state index is 0.0161. The number of sulfone groups is 1. The molecule has 0 fully saturated rings. The van der Waals surface area contributed by atoms with Crippen molar-refractivity contribution in [3.63, 3.8) is 0 Å². The molecule has 24 heavy (non-hydrogen) atoms. The number of carboxylic acid groups (broad SMARTS) is 1. The van der Waals surface area contributed by atoms with Gasteiger partial charge in [0.2, 0.25) is 0 Å². The molecule has 2 aromatic rings. The first-order valence-corrected chi connectivity index (χ1v) is 8.30. The Morgan fingerprint density at radius 2 is 1.67 bits per heavy atom. The molecule has 0 amide bonds. The van der Waals surface area contributed by atoms with Crippen LogP contribution in [0.4, 0.5) is 13.2 Å². The van der Waals surface area contributed by atoms with Crippen LogP contribution >= 0.6 is 0 Å². The lowest BCUT2D eigenvalue weighted by molar-refractivity contribution is -0.137. The number of hydrogen-bond donors (Lipinski definition) is 1. The maximum atomic E-state index is 12.5. The fourth-order valence-corrected chi connectivity index (χ4v) is 2.48. The number of benzene rings is 2. The quantitative estimate of drug-likeness (QED) is 0.901. The van der Waals surface area contributed by atoms with Gasteiger partial charge in [0.1, 0.15) is 17.1 Å². The third-order valence-corrected chi connectivity index (χ3v) is 4.13. The lowest BCUT2D eigenvalue weighted by Crippen LogP contribution is -2.05. The van der Waals surface area contributed by atoms with Crippen LogP contribution in [0.2, 0.25) is 0 Å². The minimum atomic E-state index is -4.50. The van der Waals surface area contributed by atoms with Crippen LogP contribution in [0.5, 0.6) is 11.5 Å². The van der Waals surface area contributed by atoms with Gasteiger partial charge in [0.25, 0.3) is 0 Å². The predicted octanol–water partition coefficient (Wildman–Crippen LogP) is 3.60. The van der Waals surface area contributed by atoms with Crippen molar-refractivity contribution in [2.75, 3.05) is 6.26 Å². The summed E-state index contributed by atoms with van der Waals surface area (Å²) in [6.45, 7) is 0. The van der Waals surface area contributed by atoms with E-state index in [1.807, 2.05) is 0 Å². The lowest BCUT2D eigenvalue weighted by atomic mass is 10.2. The summed E-state index contributed by atoms with van der Waals surface area (Å²) in [5.41, 5.74) is -1.29. The molecule has 0 saturated carbocycles. The zero-order valence-electron chi connectivity index (χ0n) is 12.2. The van der Waals surface area contributed by atoms with Crippen molar-refractivity contribution in [1.29, 1.82) is 0 Å².